The Labute approximate surface area is 155 Å². The molecule has 1 heterocycles. The van der Waals surface area contributed by atoms with Crippen molar-refractivity contribution in [1.29, 1.82) is 0 Å². The van der Waals surface area contributed by atoms with Crippen LogP contribution in [0.25, 0.3) is 21.5 Å². The quantitative estimate of drug-likeness (QED) is 0.550. The summed E-state index contributed by atoms with van der Waals surface area (Å²) in [6.45, 7) is 0.604. The number of carbonyl (C=O) groups excluding carboxylic acids is 2. The molecule has 0 radical (unpaired) electrons. The van der Waals surface area contributed by atoms with E-state index >= 15 is 0 Å². The summed E-state index contributed by atoms with van der Waals surface area (Å²) in [6, 6.07) is 15.2. The molecule has 0 saturated carbocycles. The summed E-state index contributed by atoms with van der Waals surface area (Å²) < 4.78 is 0. The second kappa shape index (κ2) is 6.81. The Morgan fingerprint density at radius 2 is 1.78 bits per heavy atom. The van der Waals surface area contributed by atoms with Gasteiger partial charge in [0.15, 0.2) is 6.04 Å². The standard InChI is InChI=1S/C21H18N2O4/c24-12-18-19(21(26)27)23(10-9-22-18)20(25)15-7-8-17-14(11-15)6-5-13-3-1-2-4-16(13)17/h1-8,11-12,18-19,22H,9-10H2,(H,26,27)/t18-,19-/m1/s1. The van der Waals surface area contributed by atoms with Gasteiger partial charge in [-0.2, -0.15) is 0 Å². The van der Waals surface area contributed by atoms with Crippen molar-refractivity contribution in [3.8, 4) is 0 Å². The van der Waals surface area contributed by atoms with Crippen LogP contribution in [-0.4, -0.2) is 53.3 Å². The molecule has 0 bridgehead atoms. The number of fused-ring (bicyclic) bond motifs is 3. The van der Waals surface area contributed by atoms with Crippen molar-refractivity contribution in [2.24, 2.45) is 0 Å². The highest BCUT2D eigenvalue weighted by molar-refractivity contribution is 6.10. The Bertz CT molecular complexity index is 1060. The molecule has 1 aliphatic rings. The molecule has 0 unspecified atom stereocenters. The number of nitrogens with zero attached hydrogens (tertiary/aromatic N) is 1. The molecule has 1 saturated heterocycles. The van der Waals surface area contributed by atoms with Crippen LogP contribution in [0.2, 0.25) is 0 Å². The van der Waals surface area contributed by atoms with E-state index in [4.69, 9.17) is 0 Å². The zero-order valence-corrected chi connectivity index (χ0v) is 14.5. The van der Waals surface area contributed by atoms with Crippen molar-refractivity contribution in [2.45, 2.75) is 12.1 Å². The number of benzene rings is 3. The van der Waals surface area contributed by atoms with E-state index in [-0.39, 0.29) is 12.5 Å². The van der Waals surface area contributed by atoms with Crippen LogP contribution in [0.15, 0.2) is 54.6 Å². The number of amides is 1. The molecule has 2 atom stereocenters. The second-order valence-corrected chi connectivity index (χ2v) is 6.62. The largest absolute Gasteiger partial charge is 0.480 e. The minimum Gasteiger partial charge on any atom is -0.480 e. The molecular formula is C21H18N2O4. The average Bonchev–Trinajstić information content (AvgIpc) is 2.71. The van der Waals surface area contributed by atoms with Crippen molar-refractivity contribution in [1.82, 2.24) is 10.2 Å². The van der Waals surface area contributed by atoms with E-state index in [9.17, 15) is 19.5 Å². The summed E-state index contributed by atoms with van der Waals surface area (Å²) in [4.78, 5) is 37.1. The molecule has 136 valence electrons. The van der Waals surface area contributed by atoms with Crippen LogP contribution in [0.3, 0.4) is 0 Å². The molecule has 3 aromatic carbocycles. The maximum Gasteiger partial charge on any atom is 0.328 e. The molecular weight excluding hydrogens is 344 g/mol. The third-order valence-electron chi connectivity index (χ3n) is 5.06. The van der Waals surface area contributed by atoms with E-state index in [2.05, 4.69) is 5.32 Å². The minimum atomic E-state index is -1.21. The molecule has 1 fully saturated rings. The number of aldehydes is 1. The van der Waals surface area contributed by atoms with Gasteiger partial charge in [-0.1, -0.05) is 42.5 Å². The molecule has 4 rings (SSSR count). The van der Waals surface area contributed by atoms with E-state index in [1.807, 2.05) is 42.5 Å². The normalized spacial score (nSPS) is 19.9. The molecule has 0 aliphatic carbocycles. The van der Waals surface area contributed by atoms with Gasteiger partial charge in [0.05, 0.1) is 6.04 Å². The molecule has 6 nitrogen and oxygen atoms in total. The summed E-state index contributed by atoms with van der Waals surface area (Å²) >= 11 is 0. The van der Waals surface area contributed by atoms with Crippen molar-refractivity contribution in [2.75, 3.05) is 13.1 Å². The van der Waals surface area contributed by atoms with Crippen LogP contribution < -0.4 is 5.32 Å². The zero-order valence-electron chi connectivity index (χ0n) is 14.5. The highest BCUT2D eigenvalue weighted by Gasteiger charge is 2.39. The van der Waals surface area contributed by atoms with Gasteiger partial charge in [-0.15, -0.1) is 0 Å². The molecule has 2 N–H and O–H groups in total. The van der Waals surface area contributed by atoms with E-state index in [1.54, 1.807) is 12.1 Å². The van der Waals surface area contributed by atoms with E-state index in [1.165, 1.54) is 4.90 Å². The number of piperazine rings is 1. The number of hydrogen-bond donors (Lipinski definition) is 2. The Morgan fingerprint density at radius 1 is 1.04 bits per heavy atom. The van der Waals surface area contributed by atoms with Gasteiger partial charge in [0.25, 0.3) is 5.91 Å². The lowest BCUT2D eigenvalue weighted by molar-refractivity contribution is -0.145. The summed E-state index contributed by atoms with van der Waals surface area (Å²) in [5, 5.41) is 16.5. The first kappa shape index (κ1) is 17.2. The number of carboxylic acid groups (broad SMARTS) is 1. The summed E-state index contributed by atoms with van der Waals surface area (Å²) in [5.41, 5.74) is 0.413. The van der Waals surface area contributed by atoms with Crippen LogP contribution >= 0.6 is 0 Å². The van der Waals surface area contributed by atoms with Gasteiger partial charge in [0.1, 0.15) is 6.29 Å². The lowest BCUT2D eigenvalue weighted by Gasteiger charge is -2.37. The molecule has 0 aromatic heterocycles. The Balaban J connectivity index is 1.74. The summed E-state index contributed by atoms with van der Waals surface area (Å²) in [6.07, 6.45) is 0.546. The molecule has 1 aliphatic heterocycles. The van der Waals surface area contributed by atoms with Gasteiger partial charge in [0.2, 0.25) is 0 Å². The highest BCUT2D eigenvalue weighted by Crippen LogP contribution is 2.27. The molecule has 27 heavy (non-hydrogen) atoms. The van der Waals surface area contributed by atoms with Gasteiger partial charge in [-0.3, -0.25) is 4.79 Å². The van der Waals surface area contributed by atoms with Crippen molar-refractivity contribution >= 4 is 39.7 Å². The predicted octanol–water partition coefficient (Wildman–Crippen LogP) is 2.06. The van der Waals surface area contributed by atoms with Crippen molar-refractivity contribution in [3.05, 3.63) is 60.2 Å². The van der Waals surface area contributed by atoms with Crippen LogP contribution in [0, 0.1) is 0 Å². The Kier molecular flexibility index (Phi) is 4.33. The second-order valence-electron chi connectivity index (χ2n) is 6.62. The first-order valence-corrected chi connectivity index (χ1v) is 8.74. The Morgan fingerprint density at radius 3 is 2.56 bits per heavy atom. The van der Waals surface area contributed by atoms with E-state index in [0.29, 0.717) is 18.4 Å². The van der Waals surface area contributed by atoms with Gasteiger partial charge in [0, 0.05) is 18.7 Å². The molecule has 6 heteroatoms. The van der Waals surface area contributed by atoms with Crippen LogP contribution in [-0.2, 0) is 9.59 Å². The van der Waals surface area contributed by atoms with E-state index < -0.39 is 18.1 Å². The average molecular weight is 362 g/mol. The first-order valence-electron chi connectivity index (χ1n) is 8.74. The summed E-state index contributed by atoms with van der Waals surface area (Å²) in [7, 11) is 0. The maximum absolute atomic E-state index is 13.0. The van der Waals surface area contributed by atoms with Gasteiger partial charge in [-0.25, -0.2) is 4.79 Å². The smallest absolute Gasteiger partial charge is 0.328 e. The lowest BCUT2D eigenvalue weighted by atomic mass is 9.98. The fraction of sp³-hybridized carbons (Fsp3) is 0.190. The fourth-order valence-corrected chi connectivity index (χ4v) is 3.75. The topological polar surface area (TPSA) is 86.7 Å². The van der Waals surface area contributed by atoms with Gasteiger partial charge in [-0.05, 0) is 33.7 Å². The third-order valence-corrected chi connectivity index (χ3v) is 5.06. The van der Waals surface area contributed by atoms with E-state index in [0.717, 1.165) is 21.5 Å². The number of hydrogen-bond acceptors (Lipinski definition) is 4. The maximum atomic E-state index is 13.0. The number of nitrogens with one attached hydrogen (secondary N) is 1. The monoisotopic (exact) mass is 362 g/mol. The van der Waals surface area contributed by atoms with Gasteiger partial charge >= 0.3 is 5.97 Å². The van der Waals surface area contributed by atoms with Crippen LogP contribution in [0.5, 0.6) is 0 Å². The SMILES string of the molecule is O=C[C@H]1NCCN(C(=O)c2ccc3c(ccc4ccccc43)c2)[C@H]1C(=O)O. The molecule has 1 amide bonds. The zero-order chi connectivity index (χ0) is 19.0. The fourth-order valence-electron chi connectivity index (χ4n) is 3.75. The van der Waals surface area contributed by atoms with Gasteiger partial charge < -0.3 is 20.1 Å². The number of aliphatic carboxylic acids is 1. The van der Waals surface area contributed by atoms with Crippen molar-refractivity contribution < 1.29 is 19.5 Å². The minimum absolute atomic E-state index is 0.232. The predicted molar refractivity (Wildman–Crippen MR) is 102 cm³/mol. The van der Waals surface area contributed by atoms with Crippen LogP contribution in [0.4, 0.5) is 0 Å². The molecule has 0 spiro atoms. The van der Waals surface area contributed by atoms with Crippen LogP contribution in [0.1, 0.15) is 10.4 Å². The Hall–Kier alpha value is -3.25. The lowest BCUT2D eigenvalue weighted by Crippen LogP contribution is -2.63. The number of carboxylic acids is 1. The first-order chi connectivity index (χ1) is 13.1. The third kappa shape index (κ3) is 2.94. The van der Waals surface area contributed by atoms with Crippen molar-refractivity contribution in [3.63, 3.8) is 0 Å². The number of carbonyl (C=O) groups is 3. The number of rotatable bonds is 3. The summed E-state index contributed by atoms with van der Waals surface area (Å²) in [5.74, 6) is -1.58. The highest BCUT2D eigenvalue weighted by atomic mass is 16.4. The molecule has 3 aromatic rings.